The Kier molecular flexibility index (Phi) is 6.07. The van der Waals surface area contributed by atoms with Crippen LogP contribution in [0.15, 0.2) is 18.2 Å². The Labute approximate surface area is 132 Å². The summed E-state index contributed by atoms with van der Waals surface area (Å²) in [5, 5.41) is 2.92. The topological polar surface area (TPSA) is 50.8 Å². The number of carbonyl (C=O) groups is 1. The van der Waals surface area contributed by atoms with Gasteiger partial charge in [0.2, 0.25) is 5.91 Å². The molecule has 1 atom stereocenters. The molecule has 1 amide bonds. The second-order valence-electron chi connectivity index (χ2n) is 5.91. The highest BCUT2D eigenvalue weighted by Crippen LogP contribution is 2.29. The molecule has 0 aliphatic carbocycles. The molecule has 1 aromatic carbocycles. The van der Waals surface area contributed by atoms with Gasteiger partial charge in [-0.15, -0.1) is 0 Å². The summed E-state index contributed by atoms with van der Waals surface area (Å²) in [7, 11) is 3.19. The van der Waals surface area contributed by atoms with E-state index < -0.39 is 0 Å². The zero-order valence-corrected chi connectivity index (χ0v) is 13.7. The molecule has 1 aliphatic rings. The van der Waals surface area contributed by atoms with Crippen LogP contribution in [0, 0.1) is 5.92 Å². The van der Waals surface area contributed by atoms with Gasteiger partial charge in [-0.1, -0.05) is 6.92 Å². The van der Waals surface area contributed by atoms with Gasteiger partial charge in [0, 0.05) is 25.6 Å². The van der Waals surface area contributed by atoms with Crippen LogP contribution in [-0.2, 0) is 4.79 Å². The zero-order chi connectivity index (χ0) is 15.9. The molecule has 0 aromatic heterocycles. The van der Waals surface area contributed by atoms with Crippen LogP contribution in [0.3, 0.4) is 0 Å². The second-order valence-corrected chi connectivity index (χ2v) is 5.91. The van der Waals surface area contributed by atoms with Crippen molar-refractivity contribution in [3.63, 3.8) is 0 Å². The highest BCUT2D eigenvalue weighted by Gasteiger charge is 2.17. The lowest BCUT2D eigenvalue weighted by Gasteiger charge is -2.30. The molecule has 1 saturated heterocycles. The standard InChI is InChI=1S/C17H26N2O3/c1-13-5-4-9-19(12-13)10-8-17(20)18-15-11-14(21-2)6-7-16(15)22-3/h6-7,11,13H,4-5,8-10,12H2,1-3H3,(H,18,20)/t13-/m0/s1. The highest BCUT2D eigenvalue weighted by atomic mass is 16.5. The largest absolute Gasteiger partial charge is 0.497 e. The Balaban J connectivity index is 1.88. The van der Waals surface area contributed by atoms with Gasteiger partial charge in [-0.3, -0.25) is 4.79 Å². The molecule has 0 unspecified atom stereocenters. The molecule has 1 aromatic rings. The molecule has 1 aliphatic heterocycles. The number of piperidine rings is 1. The lowest BCUT2D eigenvalue weighted by Crippen LogP contribution is -2.36. The van der Waals surface area contributed by atoms with Crippen LogP contribution >= 0.6 is 0 Å². The van der Waals surface area contributed by atoms with E-state index in [1.165, 1.54) is 12.8 Å². The Bertz CT molecular complexity index is 505. The normalized spacial score (nSPS) is 18.8. The van der Waals surface area contributed by atoms with Gasteiger partial charge in [-0.25, -0.2) is 0 Å². The van der Waals surface area contributed by atoms with Crippen molar-refractivity contribution in [2.45, 2.75) is 26.2 Å². The van der Waals surface area contributed by atoms with Gasteiger partial charge in [-0.05, 0) is 37.4 Å². The highest BCUT2D eigenvalue weighted by molar-refractivity contribution is 5.92. The van der Waals surface area contributed by atoms with Crippen LogP contribution < -0.4 is 14.8 Å². The maximum absolute atomic E-state index is 12.2. The van der Waals surface area contributed by atoms with E-state index in [4.69, 9.17) is 9.47 Å². The fourth-order valence-corrected chi connectivity index (χ4v) is 2.87. The van der Waals surface area contributed by atoms with Crippen LogP contribution in [-0.4, -0.2) is 44.7 Å². The first kappa shape index (κ1) is 16.6. The Hall–Kier alpha value is -1.75. The van der Waals surface area contributed by atoms with Gasteiger partial charge in [0.05, 0.1) is 19.9 Å². The molecule has 0 saturated carbocycles. The van der Waals surface area contributed by atoms with E-state index in [1.54, 1.807) is 26.4 Å². The molecule has 0 spiro atoms. The van der Waals surface area contributed by atoms with Crippen molar-refractivity contribution >= 4 is 11.6 Å². The number of anilines is 1. The van der Waals surface area contributed by atoms with E-state index in [0.29, 0.717) is 23.6 Å². The lowest BCUT2D eigenvalue weighted by atomic mass is 10.0. The number of amides is 1. The van der Waals surface area contributed by atoms with E-state index in [0.717, 1.165) is 25.6 Å². The molecular formula is C17H26N2O3. The molecule has 5 nitrogen and oxygen atoms in total. The molecule has 5 heteroatoms. The van der Waals surface area contributed by atoms with Crippen LogP contribution in [0.25, 0.3) is 0 Å². The van der Waals surface area contributed by atoms with Gasteiger partial charge in [-0.2, -0.15) is 0 Å². The maximum Gasteiger partial charge on any atom is 0.225 e. The molecule has 1 heterocycles. The molecule has 22 heavy (non-hydrogen) atoms. The molecule has 0 bridgehead atoms. The molecule has 1 fully saturated rings. The van der Waals surface area contributed by atoms with Gasteiger partial charge < -0.3 is 19.7 Å². The first-order valence-electron chi connectivity index (χ1n) is 7.86. The summed E-state index contributed by atoms with van der Waals surface area (Å²) in [6.45, 7) is 5.27. The van der Waals surface area contributed by atoms with E-state index in [9.17, 15) is 4.79 Å². The Morgan fingerprint density at radius 3 is 2.86 bits per heavy atom. The zero-order valence-electron chi connectivity index (χ0n) is 13.7. The van der Waals surface area contributed by atoms with Crippen LogP contribution in [0.1, 0.15) is 26.2 Å². The van der Waals surface area contributed by atoms with Crippen molar-refractivity contribution in [1.82, 2.24) is 4.90 Å². The van der Waals surface area contributed by atoms with E-state index in [-0.39, 0.29) is 5.91 Å². The molecule has 0 radical (unpaired) electrons. The third-order valence-corrected chi connectivity index (χ3v) is 4.08. The molecule has 1 N–H and O–H groups in total. The van der Waals surface area contributed by atoms with Crippen LogP contribution in [0.4, 0.5) is 5.69 Å². The number of carbonyl (C=O) groups excluding carboxylic acids is 1. The number of benzene rings is 1. The number of likely N-dealkylation sites (tertiary alicyclic amines) is 1. The third kappa shape index (κ3) is 4.63. The number of hydrogen-bond donors (Lipinski definition) is 1. The molecular weight excluding hydrogens is 280 g/mol. The summed E-state index contributed by atoms with van der Waals surface area (Å²) in [5.41, 5.74) is 0.652. The first-order chi connectivity index (χ1) is 10.6. The van der Waals surface area contributed by atoms with E-state index in [2.05, 4.69) is 17.1 Å². The molecule has 122 valence electrons. The van der Waals surface area contributed by atoms with Crippen molar-refractivity contribution in [3.05, 3.63) is 18.2 Å². The summed E-state index contributed by atoms with van der Waals surface area (Å²) in [6.07, 6.45) is 3.02. The summed E-state index contributed by atoms with van der Waals surface area (Å²) < 4.78 is 10.5. The number of nitrogens with one attached hydrogen (secondary N) is 1. The Morgan fingerprint density at radius 2 is 2.18 bits per heavy atom. The lowest BCUT2D eigenvalue weighted by molar-refractivity contribution is -0.116. The minimum atomic E-state index is 0.00443. The summed E-state index contributed by atoms with van der Waals surface area (Å²) in [4.78, 5) is 14.5. The van der Waals surface area contributed by atoms with Crippen LogP contribution in [0.2, 0.25) is 0 Å². The van der Waals surface area contributed by atoms with Crippen molar-refractivity contribution < 1.29 is 14.3 Å². The smallest absolute Gasteiger partial charge is 0.225 e. The minimum Gasteiger partial charge on any atom is -0.497 e. The Morgan fingerprint density at radius 1 is 1.36 bits per heavy atom. The van der Waals surface area contributed by atoms with Gasteiger partial charge >= 0.3 is 0 Å². The first-order valence-corrected chi connectivity index (χ1v) is 7.86. The van der Waals surface area contributed by atoms with E-state index >= 15 is 0 Å². The van der Waals surface area contributed by atoms with Gasteiger partial charge in [0.25, 0.3) is 0 Å². The van der Waals surface area contributed by atoms with Crippen molar-refractivity contribution in [1.29, 1.82) is 0 Å². The number of ether oxygens (including phenoxy) is 2. The fraction of sp³-hybridized carbons (Fsp3) is 0.588. The fourth-order valence-electron chi connectivity index (χ4n) is 2.87. The average molecular weight is 306 g/mol. The predicted molar refractivity (Wildman–Crippen MR) is 87.6 cm³/mol. The monoisotopic (exact) mass is 306 g/mol. The number of hydrogen-bond acceptors (Lipinski definition) is 4. The minimum absolute atomic E-state index is 0.00443. The van der Waals surface area contributed by atoms with Gasteiger partial charge in [0.15, 0.2) is 0 Å². The quantitative estimate of drug-likeness (QED) is 0.878. The summed E-state index contributed by atoms with van der Waals surface area (Å²) in [5.74, 6) is 2.07. The predicted octanol–water partition coefficient (Wildman–Crippen LogP) is 2.76. The average Bonchev–Trinajstić information content (AvgIpc) is 2.53. The maximum atomic E-state index is 12.2. The summed E-state index contributed by atoms with van der Waals surface area (Å²) in [6, 6.07) is 5.38. The summed E-state index contributed by atoms with van der Waals surface area (Å²) >= 11 is 0. The van der Waals surface area contributed by atoms with Crippen molar-refractivity contribution in [2.24, 2.45) is 5.92 Å². The van der Waals surface area contributed by atoms with E-state index in [1.807, 2.05) is 6.07 Å². The second kappa shape index (κ2) is 8.03. The van der Waals surface area contributed by atoms with Crippen molar-refractivity contribution in [2.75, 3.05) is 39.2 Å². The van der Waals surface area contributed by atoms with Gasteiger partial charge in [0.1, 0.15) is 11.5 Å². The van der Waals surface area contributed by atoms with Crippen molar-refractivity contribution in [3.8, 4) is 11.5 Å². The number of nitrogens with zero attached hydrogens (tertiary/aromatic N) is 1. The third-order valence-electron chi connectivity index (χ3n) is 4.08. The number of rotatable bonds is 6. The SMILES string of the molecule is COc1ccc(OC)c(NC(=O)CCN2CCC[C@H](C)C2)c1. The number of methoxy groups -OCH3 is 2. The van der Waals surface area contributed by atoms with Crippen LogP contribution in [0.5, 0.6) is 11.5 Å². The molecule has 2 rings (SSSR count).